The minimum absolute atomic E-state index is 0.133. The molecule has 0 aliphatic rings. The molecule has 0 radical (unpaired) electrons. The van der Waals surface area contributed by atoms with Crippen LogP contribution in [0, 0.1) is 5.82 Å². The van der Waals surface area contributed by atoms with Crippen LogP contribution in [0.5, 0.6) is 0 Å². The molecule has 1 aromatic carbocycles. The Hall–Kier alpha value is -1.91. The average Bonchev–Trinajstić information content (AvgIpc) is 2.30. The van der Waals surface area contributed by atoms with Crippen LogP contribution in [-0.2, 0) is 14.3 Å². The van der Waals surface area contributed by atoms with Gasteiger partial charge < -0.3 is 9.84 Å². The van der Waals surface area contributed by atoms with E-state index in [9.17, 15) is 14.0 Å². The first-order valence-electron chi connectivity index (χ1n) is 5.09. The highest BCUT2D eigenvalue weighted by Gasteiger charge is 2.22. The second-order valence-corrected chi connectivity index (χ2v) is 3.56. The van der Waals surface area contributed by atoms with Crippen molar-refractivity contribution in [2.45, 2.75) is 18.8 Å². The van der Waals surface area contributed by atoms with Crippen molar-refractivity contribution in [3.8, 4) is 0 Å². The number of carboxylic acid groups (broad SMARTS) is 1. The second-order valence-electron chi connectivity index (χ2n) is 3.56. The van der Waals surface area contributed by atoms with Crippen molar-refractivity contribution in [3.05, 3.63) is 35.6 Å². The van der Waals surface area contributed by atoms with Crippen LogP contribution in [0.3, 0.4) is 0 Å². The van der Waals surface area contributed by atoms with E-state index in [1.807, 2.05) is 0 Å². The zero-order chi connectivity index (χ0) is 12.8. The van der Waals surface area contributed by atoms with Crippen LogP contribution in [0.25, 0.3) is 0 Å². The predicted molar refractivity (Wildman–Crippen MR) is 58.0 cm³/mol. The molecule has 17 heavy (non-hydrogen) atoms. The molecule has 0 fully saturated rings. The van der Waals surface area contributed by atoms with Crippen LogP contribution >= 0.6 is 0 Å². The first kappa shape index (κ1) is 13.2. The molecule has 0 saturated heterocycles. The number of methoxy groups -OCH3 is 1. The summed E-state index contributed by atoms with van der Waals surface area (Å²) < 4.78 is 17.3. The second kappa shape index (κ2) is 5.98. The molecule has 0 bridgehead atoms. The van der Waals surface area contributed by atoms with Crippen LogP contribution in [-0.4, -0.2) is 24.2 Å². The highest BCUT2D eigenvalue weighted by atomic mass is 19.1. The molecule has 0 saturated carbocycles. The summed E-state index contributed by atoms with van der Waals surface area (Å²) in [5.41, 5.74) is 0.555. The zero-order valence-corrected chi connectivity index (χ0v) is 9.35. The summed E-state index contributed by atoms with van der Waals surface area (Å²) in [6, 6.07) is 5.37. The molecule has 0 aromatic heterocycles. The molecule has 0 heterocycles. The van der Waals surface area contributed by atoms with E-state index in [0.29, 0.717) is 5.56 Å². The Balaban J connectivity index is 2.85. The molecular weight excluding hydrogens is 227 g/mol. The van der Waals surface area contributed by atoms with Crippen LogP contribution in [0.15, 0.2) is 24.3 Å². The summed E-state index contributed by atoms with van der Waals surface area (Å²) in [6.07, 6.45) is -0.00914. The van der Waals surface area contributed by atoms with Gasteiger partial charge >= 0.3 is 11.9 Å². The SMILES string of the molecule is COC(=O)C(CCC(=O)O)c1ccc(F)cc1. The lowest BCUT2D eigenvalue weighted by Crippen LogP contribution is -2.15. The van der Waals surface area contributed by atoms with Gasteiger partial charge in [0.15, 0.2) is 0 Å². The lowest BCUT2D eigenvalue weighted by molar-refractivity contribution is -0.143. The van der Waals surface area contributed by atoms with E-state index in [1.165, 1.54) is 31.4 Å². The lowest BCUT2D eigenvalue weighted by atomic mass is 9.94. The predicted octanol–water partition coefficient (Wildman–Crippen LogP) is 1.95. The minimum atomic E-state index is -0.985. The molecule has 1 rings (SSSR count). The number of hydrogen-bond acceptors (Lipinski definition) is 3. The third kappa shape index (κ3) is 3.86. The highest BCUT2D eigenvalue weighted by molar-refractivity contribution is 5.79. The number of rotatable bonds is 5. The molecule has 4 nitrogen and oxygen atoms in total. The summed E-state index contributed by atoms with van der Waals surface area (Å²) in [4.78, 5) is 22.0. The molecule has 0 aliphatic carbocycles. The quantitative estimate of drug-likeness (QED) is 0.799. The molecule has 0 aliphatic heterocycles. The van der Waals surface area contributed by atoms with E-state index < -0.39 is 23.7 Å². The van der Waals surface area contributed by atoms with Gasteiger partial charge in [0.25, 0.3) is 0 Å². The smallest absolute Gasteiger partial charge is 0.313 e. The monoisotopic (exact) mass is 240 g/mol. The molecule has 1 atom stereocenters. The maximum Gasteiger partial charge on any atom is 0.313 e. The average molecular weight is 240 g/mol. The minimum Gasteiger partial charge on any atom is -0.481 e. The molecule has 0 spiro atoms. The first-order valence-corrected chi connectivity index (χ1v) is 5.09. The van der Waals surface area contributed by atoms with Crippen molar-refractivity contribution in [1.29, 1.82) is 0 Å². The Kier molecular flexibility index (Phi) is 4.63. The van der Waals surface area contributed by atoms with Crippen molar-refractivity contribution >= 4 is 11.9 Å². The standard InChI is InChI=1S/C12H13FO4/c1-17-12(16)10(6-7-11(14)15)8-2-4-9(13)5-3-8/h2-5,10H,6-7H2,1H3,(H,14,15). The van der Waals surface area contributed by atoms with Gasteiger partial charge in [-0.3, -0.25) is 9.59 Å². The number of carbonyl (C=O) groups excluding carboxylic acids is 1. The maximum atomic E-state index is 12.7. The zero-order valence-electron chi connectivity index (χ0n) is 9.35. The summed E-state index contributed by atoms with van der Waals surface area (Å²) in [5, 5.41) is 8.60. The van der Waals surface area contributed by atoms with Crippen LogP contribution in [0.2, 0.25) is 0 Å². The van der Waals surface area contributed by atoms with Crippen LogP contribution < -0.4 is 0 Å². The number of benzene rings is 1. The Bertz CT molecular complexity index is 399. The van der Waals surface area contributed by atoms with Gasteiger partial charge in [0, 0.05) is 6.42 Å². The largest absolute Gasteiger partial charge is 0.481 e. The van der Waals surface area contributed by atoms with E-state index in [2.05, 4.69) is 4.74 Å². The summed E-state index contributed by atoms with van der Waals surface area (Å²) in [6.45, 7) is 0. The van der Waals surface area contributed by atoms with E-state index in [1.54, 1.807) is 0 Å². The number of esters is 1. The normalized spacial score (nSPS) is 11.9. The molecule has 5 heteroatoms. The van der Waals surface area contributed by atoms with E-state index in [4.69, 9.17) is 5.11 Å². The van der Waals surface area contributed by atoms with Gasteiger partial charge in [-0.15, -0.1) is 0 Å². The Labute approximate surface area is 98.0 Å². The molecule has 92 valence electrons. The molecule has 1 unspecified atom stereocenters. The van der Waals surface area contributed by atoms with E-state index >= 15 is 0 Å². The topological polar surface area (TPSA) is 63.6 Å². The van der Waals surface area contributed by atoms with Gasteiger partial charge in [0.1, 0.15) is 5.82 Å². The van der Waals surface area contributed by atoms with Gasteiger partial charge in [-0.25, -0.2) is 4.39 Å². The van der Waals surface area contributed by atoms with E-state index in [-0.39, 0.29) is 12.8 Å². The van der Waals surface area contributed by atoms with Crippen LogP contribution in [0.1, 0.15) is 24.3 Å². The number of ether oxygens (including phenoxy) is 1. The Morgan fingerprint density at radius 1 is 1.35 bits per heavy atom. The highest BCUT2D eigenvalue weighted by Crippen LogP contribution is 2.23. The molecule has 1 aromatic rings. The Morgan fingerprint density at radius 3 is 2.41 bits per heavy atom. The van der Waals surface area contributed by atoms with Crippen molar-refractivity contribution < 1.29 is 23.8 Å². The molecular formula is C12H13FO4. The summed E-state index contributed by atoms with van der Waals surface area (Å²) in [5.74, 6) is -2.58. The first-order chi connectivity index (χ1) is 8.04. The van der Waals surface area contributed by atoms with Crippen molar-refractivity contribution in [3.63, 3.8) is 0 Å². The maximum absolute atomic E-state index is 12.7. The fourth-order valence-electron chi connectivity index (χ4n) is 1.53. The number of carbonyl (C=O) groups is 2. The molecule has 0 amide bonds. The van der Waals surface area contributed by atoms with Crippen molar-refractivity contribution in [2.75, 3.05) is 7.11 Å². The van der Waals surface area contributed by atoms with E-state index in [0.717, 1.165) is 0 Å². The number of halogens is 1. The van der Waals surface area contributed by atoms with Gasteiger partial charge in [0.05, 0.1) is 13.0 Å². The third-order valence-electron chi connectivity index (χ3n) is 2.40. The fraction of sp³-hybridized carbons (Fsp3) is 0.333. The number of aliphatic carboxylic acids is 1. The van der Waals surface area contributed by atoms with Gasteiger partial charge in [-0.05, 0) is 24.1 Å². The lowest BCUT2D eigenvalue weighted by Gasteiger charge is -2.13. The van der Waals surface area contributed by atoms with Crippen molar-refractivity contribution in [2.24, 2.45) is 0 Å². The van der Waals surface area contributed by atoms with Crippen LogP contribution in [0.4, 0.5) is 4.39 Å². The fourth-order valence-corrected chi connectivity index (χ4v) is 1.53. The summed E-state index contributed by atoms with van der Waals surface area (Å²) >= 11 is 0. The number of carboxylic acids is 1. The van der Waals surface area contributed by atoms with Gasteiger partial charge in [-0.1, -0.05) is 12.1 Å². The third-order valence-corrected chi connectivity index (χ3v) is 2.40. The van der Waals surface area contributed by atoms with Gasteiger partial charge in [0.2, 0.25) is 0 Å². The van der Waals surface area contributed by atoms with Gasteiger partial charge in [-0.2, -0.15) is 0 Å². The molecule has 1 N–H and O–H groups in total. The summed E-state index contributed by atoms with van der Waals surface area (Å²) in [7, 11) is 1.24. The Morgan fingerprint density at radius 2 is 1.94 bits per heavy atom. The number of hydrogen-bond donors (Lipinski definition) is 1. The van der Waals surface area contributed by atoms with Crippen molar-refractivity contribution in [1.82, 2.24) is 0 Å².